The maximum atomic E-state index is 4.25. The van der Waals surface area contributed by atoms with Gasteiger partial charge in [-0.3, -0.25) is 4.68 Å². The summed E-state index contributed by atoms with van der Waals surface area (Å²) in [4.78, 5) is 0. The molecule has 2 aromatic carbocycles. The monoisotopic (exact) mass is 442 g/mol. The maximum Gasteiger partial charge on any atom is 0.0493 e. The van der Waals surface area contributed by atoms with Crippen LogP contribution < -0.4 is 0 Å². The van der Waals surface area contributed by atoms with Crippen LogP contribution in [0.2, 0.25) is 0 Å². The van der Waals surface area contributed by atoms with Crippen LogP contribution in [0, 0.1) is 6.07 Å². The zero-order valence-corrected chi connectivity index (χ0v) is 13.0. The van der Waals surface area contributed by atoms with Crippen molar-refractivity contribution in [1.29, 1.82) is 0 Å². The fourth-order valence-electron chi connectivity index (χ4n) is 2.20. The summed E-state index contributed by atoms with van der Waals surface area (Å²) in [7, 11) is 0. The Bertz CT molecular complexity index is 834. The number of benzene rings is 2. The first kappa shape index (κ1) is 12.5. The first-order valence-electron chi connectivity index (χ1n) is 5.75. The molecule has 4 rings (SSSR count). The molecule has 1 radical (unpaired) electrons. The number of fused-ring (bicyclic) bond motifs is 3. The molecule has 0 aliphatic heterocycles. The van der Waals surface area contributed by atoms with E-state index >= 15 is 0 Å². The molecule has 0 spiro atoms. The van der Waals surface area contributed by atoms with Gasteiger partial charge in [-0.1, -0.05) is 22.9 Å². The number of thiophene rings is 1. The summed E-state index contributed by atoms with van der Waals surface area (Å²) in [5.74, 6) is 0. The molecule has 0 amide bonds. The Kier molecular flexibility index (Phi) is 3.23. The van der Waals surface area contributed by atoms with Gasteiger partial charge in [0.1, 0.15) is 0 Å². The average molecular weight is 442 g/mol. The summed E-state index contributed by atoms with van der Waals surface area (Å²) >= 11 is 1.81. The minimum atomic E-state index is 0. The molecule has 0 N–H and O–H groups in total. The quantitative estimate of drug-likeness (QED) is 0.408. The zero-order valence-electron chi connectivity index (χ0n) is 9.83. The Balaban J connectivity index is 0.00000110. The van der Waals surface area contributed by atoms with Gasteiger partial charge >= 0.3 is 0 Å². The normalized spacial score (nSPS) is 10.7. The summed E-state index contributed by atoms with van der Waals surface area (Å²) in [6, 6.07) is 17.9. The van der Waals surface area contributed by atoms with Gasteiger partial charge < -0.3 is 0 Å². The van der Waals surface area contributed by atoms with Crippen LogP contribution in [-0.4, -0.2) is 9.78 Å². The molecule has 95 valence electrons. The van der Waals surface area contributed by atoms with Crippen molar-refractivity contribution >= 4 is 31.5 Å². The molecule has 0 unspecified atom stereocenters. The number of aromatic nitrogens is 2. The second-order valence-electron chi connectivity index (χ2n) is 4.15. The molecule has 0 atom stereocenters. The molecule has 2 heterocycles. The van der Waals surface area contributed by atoms with Gasteiger partial charge in [-0.25, -0.2) is 11.3 Å². The topological polar surface area (TPSA) is 17.8 Å². The van der Waals surface area contributed by atoms with E-state index in [4.69, 9.17) is 0 Å². The van der Waals surface area contributed by atoms with Crippen LogP contribution in [0.25, 0.3) is 25.9 Å². The van der Waals surface area contributed by atoms with Crippen LogP contribution in [0.5, 0.6) is 0 Å². The Morgan fingerprint density at radius 1 is 1.05 bits per heavy atom. The van der Waals surface area contributed by atoms with Gasteiger partial charge in [0.05, 0.1) is 0 Å². The van der Waals surface area contributed by atoms with E-state index in [1.165, 1.54) is 20.2 Å². The third-order valence-electron chi connectivity index (χ3n) is 3.05. The molecule has 0 aliphatic carbocycles. The van der Waals surface area contributed by atoms with E-state index in [9.17, 15) is 0 Å². The van der Waals surface area contributed by atoms with Crippen molar-refractivity contribution in [3.8, 4) is 5.69 Å². The van der Waals surface area contributed by atoms with Crippen molar-refractivity contribution in [3.63, 3.8) is 0 Å². The van der Waals surface area contributed by atoms with Gasteiger partial charge in [0.15, 0.2) is 0 Å². The van der Waals surface area contributed by atoms with E-state index in [0.29, 0.717) is 0 Å². The first-order chi connectivity index (χ1) is 8.92. The third-order valence-corrected chi connectivity index (χ3v) is 4.18. The number of rotatable bonds is 1. The van der Waals surface area contributed by atoms with E-state index in [-0.39, 0.29) is 20.1 Å². The summed E-state index contributed by atoms with van der Waals surface area (Å²) < 4.78 is 4.43. The number of hydrogen-bond donors (Lipinski definition) is 0. The summed E-state index contributed by atoms with van der Waals surface area (Å²) in [6.45, 7) is 0. The van der Waals surface area contributed by atoms with Crippen LogP contribution in [-0.2, 0) is 20.1 Å². The summed E-state index contributed by atoms with van der Waals surface area (Å²) in [5.41, 5.74) is 0.982. The van der Waals surface area contributed by atoms with E-state index < -0.39 is 0 Å². The predicted molar refractivity (Wildman–Crippen MR) is 75.3 cm³/mol. The molecule has 0 saturated heterocycles. The van der Waals surface area contributed by atoms with Crippen molar-refractivity contribution < 1.29 is 20.1 Å². The fourth-order valence-corrected chi connectivity index (χ4v) is 3.27. The van der Waals surface area contributed by atoms with Gasteiger partial charge in [0, 0.05) is 37.2 Å². The van der Waals surface area contributed by atoms with Crippen molar-refractivity contribution in [1.82, 2.24) is 9.78 Å². The summed E-state index contributed by atoms with van der Waals surface area (Å²) in [6.07, 6.45) is 3.72. The molecule has 4 heteroatoms. The van der Waals surface area contributed by atoms with E-state index in [0.717, 1.165) is 5.69 Å². The van der Waals surface area contributed by atoms with Crippen molar-refractivity contribution in [2.75, 3.05) is 0 Å². The van der Waals surface area contributed by atoms with Crippen LogP contribution in [0.1, 0.15) is 0 Å². The molecule has 0 fully saturated rings. The molecule has 19 heavy (non-hydrogen) atoms. The van der Waals surface area contributed by atoms with Crippen molar-refractivity contribution in [2.45, 2.75) is 0 Å². The Morgan fingerprint density at radius 2 is 1.95 bits per heavy atom. The molecular weight excluding hydrogens is 432 g/mol. The fraction of sp³-hybridized carbons (Fsp3) is 0. The van der Waals surface area contributed by atoms with E-state index in [2.05, 4.69) is 47.6 Å². The third kappa shape index (κ3) is 2.02. The Morgan fingerprint density at radius 3 is 2.79 bits per heavy atom. The molecule has 0 saturated carbocycles. The van der Waals surface area contributed by atoms with Gasteiger partial charge in [-0.2, -0.15) is 17.2 Å². The average Bonchev–Trinajstić information content (AvgIpc) is 3.05. The summed E-state index contributed by atoms with van der Waals surface area (Å²) in [5, 5.41) is 6.83. The van der Waals surface area contributed by atoms with E-state index in [1.54, 1.807) is 17.5 Å². The van der Waals surface area contributed by atoms with Crippen LogP contribution >= 0.6 is 11.3 Å². The molecule has 2 nitrogen and oxygen atoms in total. The van der Waals surface area contributed by atoms with Crippen molar-refractivity contribution in [3.05, 3.63) is 60.9 Å². The second-order valence-corrected chi connectivity index (χ2v) is 5.23. The number of nitrogens with zero attached hydrogens (tertiary/aromatic N) is 2. The van der Waals surface area contributed by atoms with Crippen LogP contribution in [0.15, 0.2) is 54.9 Å². The van der Waals surface area contributed by atoms with Crippen LogP contribution in [0.4, 0.5) is 0 Å². The number of hydrogen-bond acceptors (Lipinski definition) is 2. The minimum absolute atomic E-state index is 0. The van der Waals surface area contributed by atoms with Crippen molar-refractivity contribution in [2.24, 2.45) is 0 Å². The van der Waals surface area contributed by atoms with Crippen LogP contribution in [0.3, 0.4) is 0 Å². The zero-order chi connectivity index (χ0) is 11.9. The standard InChI is InChI=1S/C15H9N2S.Ir/c1-2-5-14-12(4-1)13-10-11(6-7-15(13)18-14)17-9-3-8-16-17;/h1-5,7-10H;/q-1;. The Hall–Kier alpha value is -1.48. The maximum absolute atomic E-state index is 4.25. The van der Waals surface area contributed by atoms with Gasteiger partial charge in [0.25, 0.3) is 0 Å². The Labute approximate surface area is 128 Å². The minimum Gasteiger partial charge on any atom is -0.266 e. The second kappa shape index (κ2) is 4.89. The molecule has 4 aromatic rings. The largest absolute Gasteiger partial charge is 0.266 e. The smallest absolute Gasteiger partial charge is 0.0493 e. The molecule has 0 bridgehead atoms. The molecular formula is C15H9IrN2S-. The van der Waals surface area contributed by atoms with Gasteiger partial charge in [0.2, 0.25) is 0 Å². The molecule has 2 aromatic heterocycles. The predicted octanol–water partition coefficient (Wildman–Crippen LogP) is 4.04. The van der Waals surface area contributed by atoms with Gasteiger partial charge in [-0.05, 0) is 23.2 Å². The SMILES string of the molecule is [Ir].[c-]1cc2sc3ccccc3c2cc1-n1cccn1. The van der Waals surface area contributed by atoms with E-state index in [1.807, 2.05) is 16.9 Å². The van der Waals surface area contributed by atoms with Gasteiger partial charge in [-0.15, -0.1) is 11.5 Å². The molecule has 0 aliphatic rings. The first-order valence-corrected chi connectivity index (χ1v) is 6.56.